The van der Waals surface area contributed by atoms with Crippen molar-refractivity contribution in [2.75, 3.05) is 26.7 Å². The van der Waals surface area contributed by atoms with Crippen molar-refractivity contribution in [3.63, 3.8) is 0 Å². The molecule has 0 N–H and O–H groups in total. The van der Waals surface area contributed by atoms with Gasteiger partial charge in [-0.05, 0) is 61.6 Å². The van der Waals surface area contributed by atoms with Crippen molar-refractivity contribution in [2.45, 2.75) is 37.3 Å². The van der Waals surface area contributed by atoms with Crippen LogP contribution in [0, 0.1) is 5.92 Å². The van der Waals surface area contributed by atoms with E-state index in [0.29, 0.717) is 5.92 Å². The molecule has 34 heavy (non-hydrogen) atoms. The summed E-state index contributed by atoms with van der Waals surface area (Å²) < 4.78 is 46.1. The number of aryl methyl sites for hydroxylation is 1. The second kappa shape index (κ2) is 8.73. The van der Waals surface area contributed by atoms with E-state index in [1.54, 1.807) is 19.2 Å². The third-order valence-corrected chi connectivity index (χ3v) is 7.44. The van der Waals surface area contributed by atoms with Gasteiger partial charge in [0.25, 0.3) is 0 Å². The summed E-state index contributed by atoms with van der Waals surface area (Å²) in [4.78, 5) is 2.46. The van der Waals surface area contributed by atoms with Gasteiger partial charge in [-0.25, -0.2) is 0 Å². The van der Waals surface area contributed by atoms with Gasteiger partial charge in [-0.3, -0.25) is 0 Å². The number of halogens is 3. The second-order valence-electron chi connectivity index (χ2n) is 9.52. The highest BCUT2D eigenvalue weighted by atomic mass is 19.4. The number of fused-ring (bicyclic) bond motifs is 1. The Morgan fingerprint density at radius 3 is 2.56 bits per heavy atom. The van der Waals surface area contributed by atoms with Crippen LogP contribution in [-0.2, 0) is 25.1 Å². The van der Waals surface area contributed by atoms with Gasteiger partial charge < -0.3 is 14.2 Å². The van der Waals surface area contributed by atoms with Crippen LogP contribution in [0.2, 0.25) is 0 Å². The van der Waals surface area contributed by atoms with E-state index < -0.39 is 11.7 Å². The zero-order valence-corrected chi connectivity index (χ0v) is 19.5. The van der Waals surface area contributed by atoms with Crippen LogP contribution in [0.4, 0.5) is 13.2 Å². The molecule has 0 unspecified atom stereocenters. The number of ether oxygens (including phenoxy) is 1. The molecule has 180 valence electrons. The van der Waals surface area contributed by atoms with Crippen LogP contribution in [0.1, 0.15) is 36.2 Å². The molecule has 3 aromatic rings. The fraction of sp³-hybridized carbons (Fsp3) is 0.462. The first-order valence-electron chi connectivity index (χ1n) is 11.7. The molecule has 1 saturated heterocycles. The number of alkyl halides is 3. The Hall–Kier alpha value is -2.87. The number of aromatic nitrogens is 3. The maximum Gasteiger partial charge on any atom is 0.416 e. The maximum atomic E-state index is 12.9. The first-order valence-corrected chi connectivity index (χ1v) is 11.7. The summed E-state index contributed by atoms with van der Waals surface area (Å²) in [6.45, 7) is 2.96. The lowest BCUT2D eigenvalue weighted by molar-refractivity contribution is -0.137. The van der Waals surface area contributed by atoms with E-state index in [9.17, 15) is 13.2 Å². The number of piperidine rings is 1. The van der Waals surface area contributed by atoms with Crippen molar-refractivity contribution in [1.82, 2.24) is 19.7 Å². The van der Waals surface area contributed by atoms with E-state index in [1.807, 2.05) is 35.9 Å². The minimum atomic E-state index is -4.28. The molecule has 2 aromatic carbocycles. The van der Waals surface area contributed by atoms with E-state index in [4.69, 9.17) is 4.74 Å². The van der Waals surface area contributed by atoms with Gasteiger partial charge >= 0.3 is 6.18 Å². The molecular weight excluding hydrogens is 441 g/mol. The molecule has 1 saturated carbocycles. The standard InChI is InChI=1S/C26H29F3N4O/c1-32-23(30-31-24(32)21-7-3-4-8-22(21)34-2)9-5-6-14-33-16-20-15-25(20,17-33)18-10-12-19(13-11-18)26(27,28)29/h3-4,7-8,10-13,20H,5-6,9,14-17H2,1-2H3/t20-,25+/m0/s1. The molecule has 5 rings (SSSR count). The fourth-order valence-electron chi connectivity index (χ4n) is 5.46. The highest BCUT2D eigenvalue weighted by Crippen LogP contribution is 2.59. The van der Waals surface area contributed by atoms with Crippen molar-refractivity contribution in [1.29, 1.82) is 0 Å². The molecule has 0 spiro atoms. The summed E-state index contributed by atoms with van der Waals surface area (Å²) in [6.07, 6.45) is -0.296. The first kappa shape index (κ1) is 22.9. The van der Waals surface area contributed by atoms with E-state index in [2.05, 4.69) is 15.1 Å². The Labute approximate surface area is 197 Å². The lowest BCUT2D eigenvalue weighted by Crippen LogP contribution is -2.27. The van der Waals surface area contributed by atoms with Gasteiger partial charge in [0.1, 0.15) is 11.6 Å². The van der Waals surface area contributed by atoms with Crippen LogP contribution in [0.5, 0.6) is 5.75 Å². The molecular formula is C26H29F3N4O. The van der Waals surface area contributed by atoms with E-state index in [0.717, 1.165) is 73.8 Å². The number of likely N-dealkylation sites (tertiary alicyclic amines) is 1. The number of hydrogen-bond donors (Lipinski definition) is 0. The monoisotopic (exact) mass is 470 g/mol. The Bertz CT molecular complexity index is 1160. The lowest BCUT2D eigenvalue weighted by Gasteiger charge is -2.21. The molecule has 0 radical (unpaired) electrons. The highest BCUT2D eigenvalue weighted by molar-refractivity contribution is 5.64. The molecule has 2 atom stereocenters. The summed E-state index contributed by atoms with van der Waals surface area (Å²) in [5.74, 6) is 3.09. The number of nitrogens with zero attached hydrogens (tertiary/aromatic N) is 4. The van der Waals surface area contributed by atoms with Gasteiger partial charge in [0.15, 0.2) is 5.82 Å². The predicted octanol–water partition coefficient (Wildman–Crippen LogP) is 5.11. The van der Waals surface area contributed by atoms with E-state index in [1.165, 1.54) is 12.1 Å². The van der Waals surface area contributed by atoms with Crippen molar-refractivity contribution >= 4 is 0 Å². The third-order valence-electron chi connectivity index (χ3n) is 7.44. The van der Waals surface area contributed by atoms with Gasteiger partial charge in [0.2, 0.25) is 0 Å². The molecule has 1 aromatic heterocycles. The Kier molecular flexibility index (Phi) is 5.88. The molecule has 2 aliphatic rings. The minimum Gasteiger partial charge on any atom is -0.496 e. The van der Waals surface area contributed by atoms with Gasteiger partial charge in [-0.1, -0.05) is 24.3 Å². The van der Waals surface area contributed by atoms with Gasteiger partial charge in [0, 0.05) is 32.0 Å². The van der Waals surface area contributed by atoms with Crippen LogP contribution in [-0.4, -0.2) is 46.4 Å². The van der Waals surface area contributed by atoms with Crippen LogP contribution in [0.25, 0.3) is 11.4 Å². The molecule has 8 heteroatoms. The van der Waals surface area contributed by atoms with E-state index >= 15 is 0 Å². The molecule has 0 amide bonds. The van der Waals surface area contributed by atoms with Crippen molar-refractivity contribution in [3.05, 3.63) is 65.5 Å². The fourth-order valence-corrected chi connectivity index (χ4v) is 5.46. The average molecular weight is 471 g/mol. The molecule has 5 nitrogen and oxygen atoms in total. The number of para-hydroxylation sites is 1. The molecule has 2 fully saturated rings. The largest absolute Gasteiger partial charge is 0.496 e. The Morgan fingerprint density at radius 1 is 1.06 bits per heavy atom. The number of rotatable bonds is 8. The lowest BCUT2D eigenvalue weighted by atomic mass is 9.94. The molecule has 2 heterocycles. The predicted molar refractivity (Wildman–Crippen MR) is 124 cm³/mol. The highest BCUT2D eigenvalue weighted by Gasteiger charge is 2.60. The minimum absolute atomic E-state index is 0.0529. The summed E-state index contributed by atoms with van der Waals surface area (Å²) in [6, 6.07) is 13.6. The molecule has 1 aliphatic carbocycles. The van der Waals surface area contributed by atoms with E-state index in [-0.39, 0.29) is 5.41 Å². The summed E-state index contributed by atoms with van der Waals surface area (Å²) >= 11 is 0. The average Bonchev–Trinajstić information content (AvgIpc) is 3.21. The van der Waals surface area contributed by atoms with Crippen molar-refractivity contribution in [2.24, 2.45) is 13.0 Å². The number of benzene rings is 2. The zero-order chi connectivity index (χ0) is 23.9. The van der Waals surface area contributed by atoms with Gasteiger partial charge in [-0.15, -0.1) is 10.2 Å². The number of hydrogen-bond acceptors (Lipinski definition) is 4. The van der Waals surface area contributed by atoms with Crippen LogP contribution in [0.3, 0.4) is 0 Å². The molecule has 0 bridgehead atoms. The quantitative estimate of drug-likeness (QED) is 0.430. The normalized spacial score (nSPS) is 22.1. The van der Waals surface area contributed by atoms with Crippen molar-refractivity contribution < 1.29 is 17.9 Å². The summed E-state index contributed by atoms with van der Waals surface area (Å²) in [5, 5.41) is 8.78. The number of methoxy groups -OCH3 is 1. The molecule has 1 aliphatic heterocycles. The SMILES string of the molecule is COc1ccccc1-c1nnc(CCCCN2C[C@@H]3C[C@]3(c3ccc(C(F)(F)F)cc3)C2)n1C. The Balaban J connectivity index is 1.13. The smallest absolute Gasteiger partial charge is 0.416 e. The van der Waals surface area contributed by atoms with Crippen molar-refractivity contribution in [3.8, 4) is 17.1 Å². The van der Waals surface area contributed by atoms with Crippen LogP contribution in [0.15, 0.2) is 48.5 Å². The van der Waals surface area contributed by atoms with Crippen LogP contribution < -0.4 is 4.74 Å². The van der Waals surface area contributed by atoms with Gasteiger partial charge in [0.05, 0.1) is 18.2 Å². The maximum absolute atomic E-state index is 12.9. The summed E-state index contributed by atoms with van der Waals surface area (Å²) in [7, 11) is 3.64. The number of unbranched alkanes of at least 4 members (excludes halogenated alkanes) is 1. The van der Waals surface area contributed by atoms with Gasteiger partial charge in [-0.2, -0.15) is 13.2 Å². The van der Waals surface area contributed by atoms with Crippen LogP contribution >= 0.6 is 0 Å². The topological polar surface area (TPSA) is 43.2 Å². The zero-order valence-electron chi connectivity index (χ0n) is 19.5. The third kappa shape index (κ3) is 4.19. The summed E-state index contributed by atoms with van der Waals surface area (Å²) in [5.41, 5.74) is 1.46. The second-order valence-corrected chi connectivity index (χ2v) is 9.52. The first-order chi connectivity index (χ1) is 16.3. The Morgan fingerprint density at radius 2 is 1.82 bits per heavy atom.